The lowest BCUT2D eigenvalue weighted by Gasteiger charge is -2.03. The molecule has 0 aliphatic rings. The predicted molar refractivity (Wildman–Crippen MR) is 58.5 cm³/mol. The number of fused-ring (bicyclic) bond motifs is 1. The van der Waals surface area contributed by atoms with Gasteiger partial charge in [-0.25, -0.2) is 4.98 Å². The second-order valence-electron chi connectivity index (χ2n) is 3.21. The number of aromatic nitrogens is 2. The Morgan fingerprint density at radius 1 is 1.50 bits per heavy atom. The molecule has 0 aliphatic heterocycles. The normalized spacial score (nSPS) is 11.1. The van der Waals surface area contributed by atoms with Crippen LogP contribution in [0.4, 0.5) is 0 Å². The summed E-state index contributed by atoms with van der Waals surface area (Å²) in [6.45, 7) is 3.35. The van der Waals surface area contributed by atoms with Crippen LogP contribution in [-0.4, -0.2) is 16.1 Å². The first-order valence-corrected chi connectivity index (χ1v) is 4.93. The number of nitrogens with zero attached hydrogens (tertiary/aromatic N) is 2. The van der Waals surface area contributed by atoms with Gasteiger partial charge in [0.15, 0.2) is 0 Å². The standard InChI is InChI=1S/C10H12ClN3/c1-7-13-10-8(11)3-2-4-9(10)14(7)6-5-12/h2-4H,5-6,12H2,1H3. The summed E-state index contributed by atoms with van der Waals surface area (Å²) in [6, 6.07) is 5.79. The third-order valence-corrected chi connectivity index (χ3v) is 2.58. The summed E-state index contributed by atoms with van der Waals surface area (Å²) in [6.07, 6.45) is 0. The maximum Gasteiger partial charge on any atom is 0.107 e. The van der Waals surface area contributed by atoms with Crippen molar-refractivity contribution in [2.45, 2.75) is 13.5 Å². The minimum atomic E-state index is 0.610. The number of benzene rings is 1. The van der Waals surface area contributed by atoms with Crippen molar-refractivity contribution in [1.29, 1.82) is 0 Å². The molecule has 0 atom stereocenters. The molecule has 2 rings (SSSR count). The first-order chi connectivity index (χ1) is 6.74. The summed E-state index contributed by atoms with van der Waals surface area (Å²) in [5, 5.41) is 0.696. The quantitative estimate of drug-likeness (QED) is 0.822. The number of halogens is 1. The summed E-state index contributed by atoms with van der Waals surface area (Å²) in [7, 11) is 0. The van der Waals surface area contributed by atoms with Gasteiger partial charge in [0, 0.05) is 13.1 Å². The number of nitrogens with two attached hydrogens (primary N) is 1. The second-order valence-corrected chi connectivity index (χ2v) is 3.61. The van der Waals surface area contributed by atoms with E-state index in [4.69, 9.17) is 17.3 Å². The van der Waals surface area contributed by atoms with Crippen molar-refractivity contribution in [3.05, 3.63) is 29.0 Å². The van der Waals surface area contributed by atoms with Crippen LogP contribution in [-0.2, 0) is 6.54 Å². The lowest BCUT2D eigenvalue weighted by Crippen LogP contribution is -2.10. The Bertz CT molecular complexity index is 462. The van der Waals surface area contributed by atoms with Crippen LogP contribution in [0.5, 0.6) is 0 Å². The molecule has 74 valence electrons. The van der Waals surface area contributed by atoms with Gasteiger partial charge in [0.2, 0.25) is 0 Å². The molecule has 0 saturated heterocycles. The van der Waals surface area contributed by atoms with E-state index in [0.717, 1.165) is 23.4 Å². The molecular weight excluding hydrogens is 198 g/mol. The average molecular weight is 210 g/mol. The van der Waals surface area contributed by atoms with E-state index in [1.807, 2.05) is 25.1 Å². The van der Waals surface area contributed by atoms with Crippen LogP contribution >= 0.6 is 11.6 Å². The zero-order valence-electron chi connectivity index (χ0n) is 8.00. The average Bonchev–Trinajstić information content (AvgIpc) is 2.47. The summed E-state index contributed by atoms with van der Waals surface area (Å²) in [4.78, 5) is 4.41. The number of hydrogen-bond acceptors (Lipinski definition) is 2. The van der Waals surface area contributed by atoms with Gasteiger partial charge < -0.3 is 10.3 Å². The van der Waals surface area contributed by atoms with E-state index < -0.39 is 0 Å². The first kappa shape index (κ1) is 9.49. The summed E-state index contributed by atoms with van der Waals surface area (Å²) < 4.78 is 2.08. The van der Waals surface area contributed by atoms with Crippen LogP contribution in [0, 0.1) is 6.92 Å². The summed E-state index contributed by atoms with van der Waals surface area (Å²) >= 11 is 6.04. The molecule has 1 aromatic carbocycles. The second kappa shape index (κ2) is 3.59. The fourth-order valence-corrected chi connectivity index (χ4v) is 1.85. The fourth-order valence-electron chi connectivity index (χ4n) is 1.64. The van der Waals surface area contributed by atoms with Gasteiger partial charge in [-0.15, -0.1) is 0 Å². The molecule has 14 heavy (non-hydrogen) atoms. The summed E-state index contributed by atoms with van der Waals surface area (Å²) in [5.74, 6) is 0.957. The third kappa shape index (κ3) is 1.38. The molecule has 0 saturated carbocycles. The van der Waals surface area contributed by atoms with Crippen molar-refractivity contribution < 1.29 is 0 Å². The molecule has 0 unspecified atom stereocenters. The predicted octanol–water partition coefficient (Wildman–Crippen LogP) is 1.96. The number of para-hydroxylation sites is 1. The Morgan fingerprint density at radius 2 is 2.29 bits per heavy atom. The molecule has 3 nitrogen and oxygen atoms in total. The molecule has 0 amide bonds. The maximum absolute atomic E-state index is 6.04. The highest BCUT2D eigenvalue weighted by Gasteiger charge is 2.08. The minimum absolute atomic E-state index is 0.610. The monoisotopic (exact) mass is 209 g/mol. The van der Waals surface area contributed by atoms with Gasteiger partial charge in [0.1, 0.15) is 11.3 Å². The molecule has 0 fully saturated rings. The van der Waals surface area contributed by atoms with Crippen molar-refractivity contribution in [3.63, 3.8) is 0 Å². The molecule has 0 radical (unpaired) electrons. The smallest absolute Gasteiger partial charge is 0.107 e. The van der Waals surface area contributed by atoms with Crippen LogP contribution in [0.15, 0.2) is 18.2 Å². The zero-order valence-corrected chi connectivity index (χ0v) is 8.75. The topological polar surface area (TPSA) is 43.8 Å². The number of hydrogen-bond donors (Lipinski definition) is 1. The molecule has 0 spiro atoms. The van der Waals surface area contributed by atoms with Gasteiger partial charge in [0.05, 0.1) is 10.5 Å². The van der Waals surface area contributed by atoms with E-state index in [0.29, 0.717) is 11.6 Å². The number of aryl methyl sites for hydroxylation is 1. The van der Waals surface area contributed by atoms with Crippen LogP contribution in [0.25, 0.3) is 11.0 Å². The van der Waals surface area contributed by atoms with Crippen molar-refractivity contribution in [3.8, 4) is 0 Å². The van der Waals surface area contributed by atoms with E-state index >= 15 is 0 Å². The third-order valence-electron chi connectivity index (χ3n) is 2.27. The maximum atomic E-state index is 6.04. The van der Waals surface area contributed by atoms with Crippen LogP contribution in [0.1, 0.15) is 5.82 Å². The van der Waals surface area contributed by atoms with Crippen LogP contribution < -0.4 is 5.73 Å². The van der Waals surface area contributed by atoms with Gasteiger partial charge in [-0.1, -0.05) is 17.7 Å². The molecule has 2 N–H and O–H groups in total. The number of rotatable bonds is 2. The Labute approximate surface area is 87.5 Å². The van der Waals surface area contributed by atoms with Crippen molar-refractivity contribution in [2.75, 3.05) is 6.54 Å². The van der Waals surface area contributed by atoms with Gasteiger partial charge >= 0.3 is 0 Å². The zero-order chi connectivity index (χ0) is 10.1. The van der Waals surface area contributed by atoms with E-state index in [2.05, 4.69) is 9.55 Å². The van der Waals surface area contributed by atoms with Gasteiger partial charge in [0.25, 0.3) is 0 Å². The highest BCUT2D eigenvalue weighted by atomic mass is 35.5. The van der Waals surface area contributed by atoms with Crippen LogP contribution in [0.2, 0.25) is 5.02 Å². The van der Waals surface area contributed by atoms with Gasteiger partial charge in [-0.2, -0.15) is 0 Å². The largest absolute Gasteiger partial charge is 0.329 e. The number of imidazole rings is 1. The Morgan fingerprint density at radius 3 is 3.00 bits per heavy atom. The first-order valence-electron chi connectivity index (χ1n) is 4.55. The lowest BCUT2D eigenvalue weighted by molar-refractivity contribution is 0.703. The molecule has 1 aromatic heterocycles. The Kier molecular flexibility index (Phi) is 2.44. The Hall–Kier alpha value is -1.06. The van der Waals surface area contributed by atoms with Crippen LogP contribution in [0.3, 0.4) is 0 Å². The molecule has 0 aliphatic carbocycles. The van der Waals surface area contributed by atoms with Gasteiger partial charge in [-0.05, 0) is 19.1 Å². The molecule has 2 aromatic rings. The molecular formula is C10H12ClN3. The highest BCUT2D eigenvalue weighted by Crippen LogP contribution is 2.23. The van der Waals surface area contributed by atoms with Crippen molar-refractivity contribution >= 4 is 22.6 Å². The van der Waals surface area contributed by atoms with E-state index in [9.17, 15) is 0 Å². The molecule has 1 heterocycles. The SMILES string of the molecule is Cc1nc2c(Cl)cccc2n1CCN. The molecule has 0 bridgehead atoms. The molecule has 4 heteroatoms. The summed E-state index contributed by atoms with van der Waals surface area (Å²) in [5.41, 5.74) is 7.45. The van der Waals surface area contributed by atoms with E-state index in [-0.39, 0.29) is 0 Å². The van der Waals surface area contributed by atoms with Crippen molar-refractivity contribution in [2.24, 2.45) is 5.73 Å². The van der Waals surface area contributed by atoms with Gasteiger partial charge in [-0.3, -0.25) is 0 Å². The highest BCUT2D eigenvalue weighted by molar-refractivity contribution is 6.34. The van der Waals surface area contributed by atoms with E-state index in [1.165, 1.54) is 0 Å². The van der Waals surface area contributed by atoms with E-state index in [1.54, 1.807) is 0 Å². The lowest BCUT2D eigenvalue weighted by atomic mass is 10.3. The van der Waals surface area contributed by atoms with Crippen molar-refractivity contribution in [1.82, 2.24) is 9.55 Å². The Balaban J connectivity index is 2.70. The minimum Gasteiger partial charge on any atom is -0.329 e. The fraction of sp³-hybridized carbons (Fsp3) is 0.300.